The van der Waals surface area contributed by atoms with Gasteiger partial charge in [0.2, 0.25) is 0 Å². The highest BCUT2D eigenvalue weighted by Gasteiger charge is 2.28. The largest absolute Gasteiger partial charge is 0.530 e. The van der Waals surface area contributed by atoms with E-state index in [0.29, 0.717) is 18.8 Å². The highest BCUT2D eigenvalue weighted by atomic mass is 31.2. The number of unbranched alkanes of at least 4 members (excludes halogenated alkanes) is 1. The summed E-state index contributed by atoms with van der Waals surface area (Å²) in [5.74, 6) is 0.473. The van der Waals surface area contributed by atoms with Crippen LogP contribution in [0.15, 0.2) is 43.0 Å². The van der Waals surface area contributed by atoms with Crippen molar-refractivity contribution in [2.75, 3.05) is 13.2 Å². The molecule has 0 saturated heterocycles. The molecule has 19 heavy (non-hydrogen) atoms. The van der Waals surface area contributed by atoms with Crippen molar-refractivity contribution in [2.24, 2.45) is 0 Å². The second kappa shape index (κ2) is 8.92. The van der Waals surface area contributed by atoms with Crippen LogP contribution in [0.1, 0.15) is 26.2 Å². The zero-order valence-corrected chi connectivity index (χ0v) is 12.2. The van der Waals surface area contributed by atoms with Gasteiger partial charge in [0, 0.05) is 0 Å². The fourth-order valence-electron chi connectivity index (χ4n) is 1.27. The summed E-state index contributed by atoms with van der Waals surface area (Å²) < 4.78 is 28.4. The maximum Gasteiger partial charge on any atom is 0.530 e. The molecule has 0 fully saturated rings. The van der Waals surface area contributed by atoms with Crippen LogP contribution in [0.25, 0.3) is 0 Å². The molecular weight excluding hydrogens is 263 g/mol. The Hall–Kier alpha value is -1.09. The van der Waals surface area contributed by atoms with E-state index < -0.39 is 7.82 Å². The van der Waals surface area contributed by atoms with Crippen molar-refractivity contribution >= 4 is 7.82 Å². The number of hydrogen-bond acceptors (Lipinski definition) is 4. The van der Waals surface area contributed by atoms with Gasteiger partial charge in [-0.1, -0.05) is 37.6 Å². The third kappa shape index (κ3) is 6.58. The number of hydrogen-bond donors (Lipinski definition) is 0. The second-order valence-electron chi connectivity index (χ2n) is 3.95. The molecule has 0 aliphatic heterocycles. The van der Waals surface area contributed by atoms with Gasteiger partial charge in [-0.25, -0.2) is 4.57 Å². The number of rotatable bonds is 10. The first-order valence-corrected chi connectivity index (χ1v) is 7.91. The van der Waals surface area contributed by atoms with Gasteiger partial charge in [-0.3, -0.25) is 9.05 Å². The first-order valence-electron chi connectivity index (χ1n) is 6.45. The van der Waals surface area contributed by atoms with Crippen LogP contribution >= 0.6 is 7.82 Å². The smallest absolute Gasteiger partial charge is 0.404 e. The predicted octanol–water partition coefficient (Wildman–Crippen LogP) is 4.58. The number of para-hydroxylation sites is 1. The van der Waals surface area contributed by atoms with Crippen LogP contribution < -0.4 is 4.52 Å². The summed E-state index contributed by atoms with van der Waals surface area (Å²) in [7, 11) is -3.55. The lowest BCUT2D eigenvalue weighted by molar-refractivity contribution is 0.155. The van der Waals surface area contributed by atoms with Gasteiger partial charge in [-0.2, -0.15) is 0 Å². The molecule has 1 rings (SSSR count). The third-order valence-corrected chi connectivity index (χ3v) is 3.71. The number of phosphoric acid groups is 1. The lowest BCUT2D eigenvalue weighted by Gasteiger charge is -2.18. The zero-order chi connectivity index (χ0) is 14.0. The minimum Gasteiger partial charge on any atom is -0.404 e. The van der Waals surface area contributed by atoms with Crippen LogP contribution in [0.5, 0.6) is 5.75 Å². The summed E-state index contributed by atoms with van der Waals surface area (Å²) in [5.41, 5.74) is 0. The first kappa shape index (κ1) is 16.0. The van der Waals surface area contributed by atoms with Crippen molar-refractivity contribution in [2.45, 2.75) is 26.2 Å². The maximum absolute atomic E-state index is 12.4. The molecule has 0 aromatic heterocycles. The molecule has 1 aromatic rings. The summed E-state index contributed by atoms with van der Waals surface area (Å²) in [5, 5.41) is 0. The van der Waals surface area contributed by atoms with Crippen LogP contribution in [0.3, 0.4) is 0 Å². The van der Waals surface area contributed by atoms with Crippen molar-refractivity contribution in [1.29, 1.82) is 0 Å². The van der Waals surface area contributed by atoms with Crippen molar-refractivity contribution in [3.05, 3.63) is 43.0 Å². The molecule has 0 saturated carbocycles. The molecule has 106 valence electrons. The first-order chi connectivity index (χ1) is 9.20. The Balaban J connectivity index is 2.61. The molecule has 0 radical (unpaired) electrons. The van der Waals surface area contributed by atoms with Gasteiger partial charge < -0.3 is 4.52 Å². The van der Waals surface area contributed by atoms with E-state index in [4.69, 9.17) is 13.6 Å². The van der Waals surface area contributed by atoms with Gasteiger partial charge >= 0.3 is 7.82 Å². The second-order valence-corrected chi connectivity index (χ2v) is 5.54. The van der Waals surface area contributed by atoms with E-state index in [1.54, 1.807) is 30.3 Å². The summed E-state index contributed by atoms with van der Waals surface area (Å²) in [4.78, 5) is 0. The molecule has 0 aliphatic rings. The Morgan fingerprint density at radius 3 is 2.53 bits per heavy atom. The van der Waals surface area contributed by atoms with Crippen molar-refractivity contribution in [3.63, 3.8) is 0 Å². The topological polar surface area (TPSA) is 44.8 Å². The van der Waals surface area contributed by atoms with Crippen LogP contribution in [-0.2, 0) is 13.6 Å². The van der Waals surface area contributed by atoms with Gasteiger partial charge in [-0.15, -0.1) is 6.58 Å². The van der Waals surface area contributed by atoms with E-state index >= 15 is 0 Å². The van der Waals surface area contributed by atoms with E-state index in [-0.39, 0.29) is 6.61 Å². The van der Waals surface area contributed by atoms with Gasteiger partial charge in [0.1, 0.15) is 5.75 Å². The summed E-state index contributed by atoms with van der Waals surface area (Å²) in [6, 6.07) is 8.89. The lowest BCUT2D eigenvalue weighted by Crippen LogP contribution is -2.04. The van der Waals surface area contributed by atoms with E-state index in [1.807, 2.05) is 13.0 Å². The molecule has 4 nitrogen and oxygen atoms in total. The highest BCUT2D eigenvalue weighted by Crippen LogP contribution is 2.49. The molecule has 5 heteroatoms. The Bertz CT molecular complexity index is 405. The quantitative estimate of drug-likeness (QED) is 0.358. The summed E-state index contributed by atoms with van der Waals surface area (Å²) >= 11 is 0. The summed E-state index contributed by atoms with van der Waals surface area (Å²) in [6.45, 7) is 6.24. The van der Waals surface area contributed by atoms with E-state index in [1.165, 1.54) is 0 Å². The Morgan fingerprint density at radius 1 is 1.21 bits per heavy atom. The number of benzene rings is 1. The van der Waals surface area contributed by atoms with E-state index in [9.17, 15) is 4.57 Å². The van der Waals surface area contributed by atoms with Crippen LogP contribution in [-0.4, -0.2) is 13.2 Å². The normalized spacial score (nSPS) is 13.7. The molecular formula is C14H21O4P. The molecule has 1 atom stereocenters. The van der Waals surface area contributed by atoms with Gasteiger partial charge in [0.15, 0.2) is 0 Å². The average Bonchev–Trinajstić information content (AvgIpc) is 2.40. The molecule has 0 bridgehead atoms. The highest BCUT2D eigenvalue weighted by molar-refractivity contribution is 7.48. The SMILES string of the molecule is C=CCCOP(=O)(OCCCC)Oc1ccccc1. The molecule has 0 amide bonds. The van der Waals surface area contributed by atoms with Crippen LogP contribution in [0.2, 0.25) is 0 Å². The fourth-order valence-corrected chi connectivity index (χ4v) is 2.51. The minimum absolute atomic E-state index is 0.264. The van der Waals surface area contributed by atoms with E-state index in [0.717, 1.165) is 12.8 Å². The van der Waals surface area contributed by atoms with Crippen molar-refractivity contribution in [1.82, 2.24) is 0 Å². The molecule has 0 N–H and O–H groups in total. The third-order valence-electron chi connectivity index (χ3n) is 2.28. The van der Waals surface area contributed by atoms with Crippen molar-refractivity contribution in [3.8, 4) is 5.75 Å². The molecule has 1 aromatic carbocycles. The van der Waals surface area contributed by atoms with Crippen molar-refractivity contribution < 1.29 is 18.1 Å². The molecule has 0 heterocycles. The van der Waals surface area contributed by atoms with Crippen LogP contribution in [0.4, 0.5) is 0 Å². The van der Waals surface area contributed by atoms with Crippen LogP contribution in [0, 0.1) is 0 Å². The monoisotopic (exact) mass is 284 g/mol. The lowest BCUT2D eigenvalue weighted by atomic mass is 10.3. The summed E-state index contributed by atoms with van der Waals surface area (Å²) in [6.07, 6.45) is 4.06. The van der Waals surface area contributed by atoms with E-state index in [2.05, 4.69) is 6.58 Å². The Morgan fingerprint density at radius 2 is 1.89 bits per heavy atom. The zero-order valence-electron chi connectivity index (χ0n) is 11.3. The minimum atomic E-state index is -3.55. The van der Waals surface area contributed by atoms with Gasteiger partial charge in [-0.05, 0) is 25.0 Å². The Kier molecular flexibility index (Phi) is 7.49. The molecule has 0 aliphatic carbocycles. The Labute approximate surface area is 115 Å². The molecule has 1 unspecified atom stereocenters. The standard InChI is InChI=1S/C14H21O4P/c1-3-5-12-16-19(15,17-13-6-4-2)18-14-10-8-7-9-11-14/h3,7-11H,1,4-6,12-13H2,2H3. The maximum atomic E-state index is 12.4. The van der Waals surface area contributed by atoms with Gasteiger partial charge in [0.25, 0.3) is 0 Å². The number of phosphoric ester groups is 1. The fraction of sp³-hybridized carbons (Fsp3) is 0.429. The average molecular weight is 284 g/mol. The molecule has 0 spiro atoms. The van der Waals surface area contributed by atoms with Gasteiger partial charge in [0.05, 0.1) is 13.2 Å². The predicted molar refractivity (Wildman–Crippen MR) is 76.3 cm³/mol.